The largest absolute Gasteiger partial charge is 0.345 e. The Morgan fingerprint density at radius 3 is 2.80 bits per heavy atom. The Kier molecular flexibility index (Phi) is 3.29. The predicted molar refractivity (Wildman–Crippen MR) is 60.5 cm³/mol. The summed E-state index contributed by atoms with van der Waals surface area (Å²) in [5, 5.41) is 3.30. The Labute approximate surface area is 92.2 Å². The number of nitrogens with zero attached hydrogens (tertiary/aromatic N) is 1. The fourth-order valence-corrected chi connectivity index (χ4v) is 2.47. The predicted octanol–water partition coefficient (Wildman–Crippen LogP) is 1.10. The van der Waals surface area contributed by atoms with Gasteiger partial charge >= 0.3 is 0 Å². The maximum absolute atomic E-state index is 12.1. The van der Waals surface area contributed by atoms with Gasteiger partial charge in [0.1, 0.15) is 0 Å². The maximum atomic E-state index is 12.1. The number of piperidine rings is 1. The topological polar surface area (TPSA) is 32.3 Å². The van der Waals surface area contributed by atoms with Gasteiger partial charge in [0.25, 0.3) is 0 Å². The second-order valence-corrected chi connectivity index (χ2v) is 5.24. The van der Waals surface area contributed by atoms with Crippen LogP contribution in [-0.4, -0.2) is 37.5 Å². The van der Waals surface area contributed by atoms with Crippen molar-refractivity contribution in [2.24, 2.45) is 17.8 Å². The number of hydrogen-bond donors (Lipinski definition) is 1. The first-order valence-corrected chi connectivity index (χ1v) is 6.14. The van der Waals surface area contributed by atoms with Crippen molar-refractivity contribution >= 4 is 5.91 Å². The minimum atomic E-state index is 0.234. The molecule has 0 radical (unpaired) electrons. The van der Waals surface area contributed by atoms with Crippen LogP contribution in [0.5, 0.6) is 0 Å². The van der Waals surface area contributed by atoms with Gasteiger partial charge in [0.05, 0.1) is 5.92 Å². The van der Waals surface area contributed by atoms with Crippen molar-refractivity contribution in [2.75, 3.05) is 26.7 Å². The van der Waals surface area contributed by atoms with Crippen LogP contribution in [0, 0.1) is 17.8 Å². The minimum Gasteiger partial charge on any atom is -0.345 e. The highest BCUT2D eigenvalue weighted by Crippen LogP contribution is 2.38. The lowest BCUT2D eigenvalue weighted by molar-refractivity contribution is -0.134. The third-order valence-electron chi connectivity index (χ3n) is 3.81. The van der Waals surface area contributed by atoms with Crippen LogP contribution >= 0.6 is 0 Å². The number of carbonyl (C=O) groups is 1. The van der Waals surface area contributed by atoms with Crippen molar-refractivity contribution in [1.29, 1.82) is 0 Å². The highest BCUT2D eigenvalue weighted by atomic mass is 16.2. The summed E-state index contributed by atoms with van der Waals surface area (Å²) in [6, 6.07) is 0. The van der Waals surface area contributed by atoms with Crippen LogP contribution in [0.3, 0.4) is 0 Å². The zero-order valence-corrected chi connectivity index (χ0v) is 9.83. The Morgan fingerprint density at radius 1 is 1.53 bits per heavy atom. The van der Waals surface area contributed by atoms with Crippen molar-refractivity contribution in [1.82, 2.24) is 10.2 Å². The van der Waals surface area contributed by atoms with Crippen molar-refractivity contribution < 1.29 is 4.79 Å². The second-order valence-electron chi connectivity index (χ2n) is 5.24. The monoisotopic (exact) mass is 210 g/mol. The SMILES string of the molecule is CC1CC1CN(C)C(=O)C1CCCNC1. The first-order valence-electron chi connectivity index (χ1n) is 6.14. The van der Waals surface area contributed by atoms with Gasteiger partial charge in [-0.25, -0.2) is 0 Å². The zero-order chi connectivity index (χ0) is 10.8. The van der Waals surface area contributed by atoms with E-state index in [1.54, 1.807) is 0 Å². The lowest BCUT2D eigenvalue weighted by Crippen LogP contribution is -2.42. The van der Waals surface area contributed by atoms with E-state index in [9.17, 15) is 4.79 Å². The summed E-state index contributed by atoms with van der Waals surface area (Å²) < 4.78 is 0. The molecule has 2 fully saturated rings. The molecule has 1 saturated carbocycles. The molecular weight excluding hydrogens is 188 g/mol. The van der Waals surface area contributed by atoms with E-state index >= 15 is 0 Å². The van der Waals surface area contributed by atoms with Crippen LogP contribution in [-0.2, 0) is 4.79 Å². The van der Waals surface area contributed by atoms with E-state index in [1.807, 2.05) is 11.9 Å². The molecule has 1 amide bonds. The summed E-state index contributed by atoms with van der Waals surface area (Å²) in [6.45, 7) is 5.19. The molecule has 3 nitrogen and oxygen atoms in total. The lowest BCUT2D eigenvalue weighted by atomic mass is 9.98. The van der Waals surface area contributed by atoms with Crippen LogP contribution in [0.4, 0.5) is 0 Å². The molecule has 0 aromatic rings. The van der Waals surface area contributed by atoms with Crippen LogP contribution < -0.4 is 5.32 Å². The molecule has 15 heavy (non-hydrogen) atoms. The molecule has 1 heterocycles. The molecule has 1 aliphatic heterocycles. The standard InChI is InChI=1S/C12H22N2O/c1-9-6-11(9)8-14(2)12(15)10-4-3-5-13-7-10/h9-11,13H,3-8H2,1-2H3. The molecule has 0 spiro atoms. The normalized spacial score (nSPS) is 34.9. The molecule has 0 bridgehead atoms. The first kappa shape index (κ1) is 10.9. The summed E-state index contributed by atoms with van der Waals surface area (Å²) in [6.07, 6.45) is 3.51. The van der Waals surface area contributed by atoms with Crippen molar-refractivity contribution in [3.05, 3.63) is 0 Å². The highest BCUT2D eigenvalue weighted by Gasteiger charge is 2.35. The highest BCUT2D eigenvalue weighted by molar-refractivity contribution is 5.79. The molecule has 1 N–H and O–H groups in total. The second kappa shape index (κ2) is 4.52. The molecule has 86 valence electrons. The van der Waals surface area contributed by atoms with Crippen LogP contribution in [0.25, 0.3) is 0 Å². The van der Waals surface area contributed by atoms with E-state index in [1.165, 1.54) is 6.42 Å². The molecular formula is C12H22N2O. The average molecular weight is 210 g/mol. The van der Waals surface area contributed by atoms with Crippen LogP contribution in [0.2, 0.25) is 0 Å². The fourth-order valence-electron chi connectivity index (χ4n) is 2.47. The van der Waals surface area contributed by atoms with Gasteiger partial charge < -0.3 is 10.2 Å². The van der Waals surface area contributed by atoms with Gasteiger partial charge in [-0.15, -0.1) is 0 Å². The third-order valence-corrected chi connectivity index (χ3v) is 3.81. The van der Waals surface area contributed by atoms with E-state index in [0.717, 1.165) is 44.3 Å². The van der Waals surface area contributed by atoms with E-state index in [-0.39, 0.29) is 5.92 Å². The summed E-state index contributed by atoms with van der Waals surface area (Å²) in [7, 11) is 1.96. The Hall–Kier alpha value is -0.570. The van der Waals surface area contributed by atoms with Gasteiger partial charge in [-0.05, 0) is 37.6 Å². The molecule has 1 aliphatic carbocycles. The van der Waals surface area contributed by atoms with Gasteiger partial charge in [0.15, 0.2) is 0 Å². The summed E-state index contributed by atoms with van der Waals surface area (Å²) in [5.74, 6) is 2.19. The number of carbonyl (C=O) groups excluding carboxylic acids is 1. The number of nitrogens with one attached hydrogen (secondary N) is 1. The van der Waals surface area contributed by atoms with Gasteiger partial charge in [-0.2, -0.15) is 0 Å². The van der Waals surface area contributed by atoms with Gasteiger partial charge in [-0.3, -0.25) is 4.79 Å². The van der Waals surface area contributed by atoms with E-state index in [2.05, 4.69) is 12.2 Å². The molecule has 2 rings (SSSR count). The molecule has 1 saturated heterocycles. The van der Waals surface area contributed by atoms with E-state index in [4.69, 9.17) is 0 Å². The van der Waals surface area contributed by atoms with Crippen LogP contribution in [0.15, 0.2) is 0 Å². The lowest BCUT2D eigenvalue weighted by Gasteiger charge is -2.27. The maximum Gasteiger partial charge on any atom is 0.226 e. The molecule has 3 unspecified atom stereocenters. The number of amides is 1. The van der Waals surface area contributed by atoms with Gasteiger partial charge in [-0.1, -0.05) is 6.92 Å². The zero-order valence-electron chi connectivity index (χ0n) is 9.83. The quantitative estimate of drug-likeness (QED) is 0.756. The molecule has 3 atom stereocenters. The Balaban J connectivity index is 1.78. The molecule has 3 heteroatoms. The van der Waals surface area contributed by atoms with Crippen molar-refractivity contribution in [3.8, 4) is 0 Å². The molecule has 0 aromatic carbocycles. The molecule has 0 aromatic heterocycles. The summed E-state index contributed by atoms with van der Waals surface area (Å²) in [4.78, 5) is 14.0. The van der Waals surface area contributed by atoms with Crippen molar-refractivity contribution in [3.63, 3.8) is 0 Å². The van der Waals surface area contributed by atoms with E-state index in [0.29, 0.717) is 5.91 Å². The van der Waals surface area contributed by atoms with Gasteiger partial charge in [0, 0.05) is 20.1 Å². The van der Waals surface area contributed by atoms with E-state index < -0.39 is 0 Å². The minimum absolute atomic E-state index is 0.234. The first-order chi connectivity index (χ1) is 7.18. The van der Waals surface area contributed by atoms with Crippen LogP contribution in [0.1, 0.15) is 26.2 Å². The Bertz CT molecular complexity index is 236. The Morgan fingerprint density at radius 2 is 2.27 bits per heavy atom. The number of rotatable bonds is 3. The summed E-state index contributed by atoms with van der Waals surface area (Å²) >= 11 is 0. The average Bonchev–Trinajstić information content (AvgIpc) is 2.94. The fraction of sp³-hybridized carbons (Fsp3) is 0.917. The molecule has 2 aliphatic rings. The number of hydrogen-bond acceptors (Lipinski definition) is 2. The van der Waals surface area contributed by atoms with Crippen molar-refractivity contribution in [2.45, 2.75) is 26.2 Å². The third kappa shape index (κ3) is 2.71. The smallest absolute Gasteiger partial charge is 0.226 e. The summed E-state index contributed by atoms with van der Waals surface area (Å²) in [5.41, 5.74) is 0. The van der Waals surface area contributed by atoms with Gasteiger partial charge in [0.2, 0.25) is 5.91 Å².